The third-order valence-electron chi connectivity index (χ3n) is 6.95. The van der Waals surface area contributed by atoms with Crippen molar-refractivity contribution < 1.29 is 24.1 Å². The highest BCUT2D eigenvalue weighted by molar-refractivity contribution is 5.86. The van der Waals surface area contributed by atoms with E-state index >= 15 is 0 Å². The minimum absolute atomic E-state index is 0.215. The number of aliphatic hydroxyl groups is 1. The summed E-state index contributed by atoms with van der Waals surface area (Å²) >= 11 is 0. The fraction of sp³-hybridized carbons (Fsp3) is 0.645. The summed E-state index contributed by atoms with van der Waals surface area (Å²) in [4.78, 5) is 25.3. The average Bonchev–Trinajstić information content (AvgIpc) is 2.85. The second-order valence-corrected chi connectivity index (χ2v) is 12.5. The Balaban J connectivity index is 2.14. The molecule has 0 spiro atoms. The maximum absolute atomic E-state index is 13.5. The van der Waals surface area contributed by atoms with Gasteiger partial charge in [-0.25, -0.2) is 4.79 Å². The lowest BCUT2D eigenvalue weighted by Gasteiger charge is -2.41. The van der Waals surface area contributed by atoms with Crippen molar-refractivity contribution in [2.24, 2.45) is 5.41 Å². The first-order valence-corrected chi connectivity index (χ1v) is 14.1. The summed E-state index contributed by atoms with van der Waals surface area (Å²) in [5, 5.41) is 9.85. The van der Waals surface area contributed by atoms with E-state index in [0.29, 0.717) is 12.2 Å². The van der Waals surface area contributed by atoms with E-state index in [1.165, 1.54) is 0 Å². The van der Waals surface area contributed by atoms with E-state index in [2.05, 4.69) is 18.7 Å². The Morgan fingerprint density at radius 1 is 1.13 bits per heavy atom. The molecular weight excluding hydrogens is 494 g/mol. The number of piperidine rings is 1. The van der Waals surface area contributed by atoms with Gasteiger partial charge in [-0.15, -0.1) is 0 Å². The van der Waals surface area contributed by atoms with Gasteiger partial charge in [-0.2, -0.15) is 0 Å². The van der Waals surface area contributed by atoms with Gasteiger partial charge in [0.15, 0.2) is 6.10 Å². The molecule has 39 heavy (non-hydrogen) atoms. The first kappa shape index (κ1) is 30.8. The lowest BCUT2D eigenvalue weighted by Crippen LogP contribution is -2.39. The number of aromatic nitrogens is 2. The highest BCUT2D eigenvalue weighted by atomic mass is 16.6. The summed E-state index contributed by atoms with van der Waals surface area (Å²) in [5.41, 5.74) is 3.56. The molecule has 0 radical (unpaired) electrons. The monoisotopic (exact) mass is 541 g/mol. The normalized spacial score (nSPS) is 17.2. The summed E-state index contributed by atoms with van der Waals surface area (Å²) in [7, 11) is 0. The molecule has 1 aliphatic rings. The Hall–Kier alpha value is -2.71. The summed E-state index contributed by atoms with van der Waals surface area (Å²) < 4.78 is 17.8. The second kappa shape index (κ2) is 12.6. The van der Waals surface area contributed by atoms with E-state index in [4.69, 9.17) is 24.2 Å². The largest absolute Gasteiger partial charge is 0.489 e. The number of ether oxygens (including phenoxy) is 3. The molecule has 3 heterocycles. The van der Waals surface area contributed by atoms with E-state index in [-0.39, 0.29) is 18.1 Å². The van der Waals surface area contributed by atoms with Gasteiger partial charge in [-0.05, 0) is 78.4 Å². The number of aryl methyl sites for hydroxylation is 1. The molecule has 0 saturated carbocycles. The third-order valence-corrected chi connectivity index (χ3v) is 6.95. The Morgan fingerprint density at radius 2 is 1.79 bits per heavy atom. The van der Waals surface area contributed by atoms with Gasteiger partial charge in [0.1, 0.15) is 12.4 Å². The Bertz CT molecular complexity index is 1100. The maximum Gasteiger partial charge on any atom is 0.340 e. The smallest absolute Gasteiger partial charge is 0.340 e. The number of pyridine rings is 2. The molecule has 2 aromatic rings. The Kier molecular flexibility index (Phi) is 9.99. The number of rotatable bonds is 10. The number of hydrogen-bond acceptors (Lipinski definition) is 8. The van der Waals surface area contributed by atoms with Crippen LogP contribution in [0.4, 0.5) is 5.69 Å². The van der Waals surface area contributed by atoms with Crippen LogP contribution in [0.5, 0.6) is 5.75 Å². The number of carbonyl (C=O) groups is 1. The van der Waals surface area contributed by atoms with E-state index < -0.39 is 23.8 Å². The lowest BCUT2D eigenvalue weighted by atomic mass is 9.82. The summed E-state index contributed by atoms with van der Waals surface area (Å²) in [5.74, 6) is 0.161. The van der Waals surface area contributed by atoms with Crippen LogP contribution in [0, 0.1) is 12.3 Å². The van der Waals surface area contributed by atoms with Gasteiger partial charge in [-0.3, -0.25) is 9.97 Å². The molecule has 216 valence electrons. The lowest BCUT2D eigenvalue weighted by molar-refractivity contribution is -0.171. The van der Waals surface area contributed by atoms with Crippen molar-refractivity contribution >= 4 is 11.7 Å². The second-order valence-electron chi connectivity index (χ2n) is 12.5. The van der Waals surface area contributed by atoms with Crippen molar-refractivity contribution in [2.75, 3.05) is 24.6 Å². The number of esters is 1. The molecule has 0 aromatic carbocycles. The van der Waals surface area contributed by atoms with Crippen LogP contribution in [0.15, 0.2) is 24.5 Å². The SMILES string of the molecule is CCC(O)COc1ccc(-c2cnc(C)c(C(OC(C)(C)C)C(=O)OC(C)C)c2N2CCC(C)(C)CC2)nc1. The molecule has 2 unspecified atom stereocenters. The fourth-order valence-electron chi connectivity index (χ4n) is 4.59. The van der Waals surface area contributed by atoms with Gasteiger partial charge in [0.25, 0.3) is 0 Å². The molecule has 1 fully saturated rings. The van der Waals surface area contributed by atoms with E-state index in [1.54, 1.807) is 6.20 Å². The van der Waals surface area contributed by atoms with Crippen LogP contribution in [0.25, 0.3) is 11.3 Å². The first-order chi connectivity index (χ1) is 18.2. The Morgan fingerprint density at radius 3 is 2.33 bits per heavy atom. The van der Waals surface area contributed by atoms with Gasteiger partial charge < -0.3 is 24.2 Å². The topological polar surface area (TPSA) is 94.0 Å². The zero-order valence-corrected chi connectivity index (χ0v) is 25.2. The zero-order chi connectivity index (χ0) is 29.0. The van der Waals surface area contributed by atoms with Crippen molar-refractivity contribution in [1.29, 1.82) is 0 Å². The van der Waals surface area contributed by atoms with Crippen LogP contribution >= 0.6 is 0 Å². The first-order valence-electron chi connectivity index (χ1n) is 14.1. The van der Waals surface area contributed by atoms with Crippen LogP contribution < -0.4 is 9.64 Å². The van der Waals surface area contributed by atoms with E-state index in [0.717, 1.165) is 54.1 Å². The highest BCUT2D eigenvalue weighted by Gasteiger charge is 2.37. The molecule has 1 aliphatic heterocycles. The molecule has 8 nitrogen and oxygen atoms in total. The van der Waals surface area contributed by atoms with Gasteiger partial charge >= 0.3 is 5.97 Å². The summed E-state index contributed by atoms with van der Waals surface area (Å²) in [6.45, 7) is 19.8. The fourth-order valence-corrected chi connectivity index (χ4v) is 4.59. The van der Waals surface area contributed by atoms with Crippen molar-refractivity contribution in [2.45, 2.75) is 105 Å². The standard InChI is InChI=1S/C31H47N3O5/c1-10-22(35)19-37-23-11-12-25(33-17-23)24-18-32-21(4)26(27(24)34-15-13-31(8,9)14-16-34)28(39-30(5,6)7)29(36)38-20(2)3/h11-12,17-18,20,22,28,35H,10,13-16,19H2,1-9H3. The molecule has 0 bridgehead atoms. The number of aliphatic hydroxyl groups excluding tert-OH is 1. The van der Waals surface area contributed by atoms with Crippen molar-refractivity contribution in [3.63, 3.8) is 0 Å². The number of anilines is 1. The minimum Gasteiger partial charge on any atom is -0.489 e. The molecular formula is C31H47N3O5. The van der Waals surface area contributed by atoms with Crippen LogP contribution in [0.1, 0.15) is 92.0 Å². The molecule has 0 aliphatic carbocycles. The van der Waals surface area contributed by atoms with Gasteiger partial charge in [-0.1, -0.05) is 20.8 Å². The third kappa shape index (κ3) is 8.39. The van der Waals surface area contributed by atoms with Crippen molar-refractivity contribution in [1.82, 2.24) is 9.97 Å². The molecule has 2 aromatic heterocycles. The molecule has 2 atom stereocenters. The predicted octanol–water partition coefficient (Wildman–Crippen LogP) is 6.04. The average molecular weight is 542 g/mol. The molecule has 1 saturated heterocycles. The molecule has 8 heteroatoms. The predicted molar refractivity (Wildman–Crippen MR) is 154 cm³/mol. The van der Waals surface area contributed by atoms with Gasteiger partial charge in [0, 0.05) is 36.1 Å². The molecule has 0 amide bonds. The van der Waals surface area contributed by atoms with Crippen LogP contribution in [0.3, 0.4) is 0 Å². The summed E-state index contributed by atoms with van der Waals surface area (Å²) in [6.07, 6.45) is 4.42. The zero-order valence-electron chi connectivity index (χ0n) is 25.2. The minimum atomic E-state index is -0.942. The van der Waals surface area contributed by atoms with Gasteiger partial charge in [0.2, 0.25) is 0 Å². The van der Waals surface area contributed by atoms with Crippen LogP contribution in [-0.4, -0.2) is 58.5 Å². The summed E-state index contributed by atoms with van der Waals surface area (Å²) in [6, 6.07) is 3.75. The Labute approximate surface area is 234 Å². The number of carbonyl (C=O) groups excluding carboxylic acids is 1. The van der Waals surface area contributed by atoms with E-state index in [9.17, 15) is 9.90 Å². The maximum atomic E-state index is 13.5. The van der Waals surface area contributed by atoms with Crippen molar-refractivity contribution in [3.05, 3.63) is 35.8 Å². The molecule has 1 N–H and O–H groups in total. The quantitative estimate of drug-likeness (QED) is 0.364. The molecule has 3 rings (SSSR count). The van der Waals surface area contributed by atoms with Crippen LogP contribution in [0.2, 0.25) is 0 Å². The van der Waals surface area contributed by atoms with Crippen LogP contribution in [-0.2, 0) is 14.3 Å². The van der Waals surface area contributed by atoms with E-state index in [1.807, 2.05) is 66.8 Å². The highest BCUT2D eigenvalue weighted by Crippen LogP contribution is 2.43. The van der Waals surface area contributed by atoms with Gasteiger partial charge in [0.05, 0.1) is 35.4 Å². The number of nitrogens with zero attached hydrogens (tertiary/aromatic N) is 3. The van der Waals surface area contributed by atoms with Crippen molar-refractivity contribution in [3.8, 4) is 17.0 Å². The number of hydrogen-bond donors (Lipinski definition) is 1.